The Morgan fingerprint density at radius 1 is 1.00 bits per heavy atom. The highest BCUT2D eigenvalue weighted by atomic mass is 79.9. The molecule has 0 aliphatic carbocycles. The average molecular weight is 301 g/mol. The van der Waals surface area contributed by atoms with E-state index in [0.29, 0.717) is 0 Å². The lowest BCUT2D eigenvalue weighted by Crippen LogP contribution is -2.15. The summed E-state index contributed by atoms with van der Waals surface area (Å²) in [7, 11) is 7.60. The number of halogens is 1. The molecule has 104 valence electrons. The van der Waals surface area contributed by atoms with E-state index < -0.39 is 0 Å². The lowest BCUT2D eigenvalue weighted by molar-refractivity contribution is 0.243. The summed E-state index contributed by atoms with van der Waals surface area (Å²) in [4.78, 5) is 1.93. The first-order valence-corrected chi connectivity index (χ1v) is 5.94. The second kappa shape index (κ2) is 29.5. The van der Waals surface area contributed by atoms with Gasteiger partial charge in [-0.25, -0.2) is 0 Å². The van der Waals surface area contributed by atoms with Crippen LogP contribution in [0.25, 0.3) is 0 Å². The molecule has 0 spiro atoms. The molecule has 0 bridgehead atoms. The molecule has 0 atom stereocenters. The van der Waals surface area contributed by atoms with Gasteiger partial charge in [0.1, 0.15) is 0 Å². The summed E-state index contributed by atoms with van der Waals surface area (Å²) in [5.74, 6) is 0. The molecular weight excluding hydrogens is 268 g/mol. The predicted molar refractivity (Wildman–Crippen MR) is 80.8 cm³/mol. The minimum Gasteiger partial charge on any atom is -0.395 e. The highest BCUT2D eigenvalue weighted by Gasteiger charge is 1.80. The van der Waals surface area contributed by atoms with E-state index in [1.807, 2.05) is 33.1 Å². The molecule has 16 heavy (non-hydrogen) atoms. The van der Waals surface area contributed by atoms with Gasteiger partial charge in [0.25, 0.3) is 0 Å². The van der Waals surface area contributed by atoms with E-state index in [2.05, 4.69) is 19.2 Å². The third-order valence-corrected chi connectivity index (χ3v) is 1.50. The lowest BCUT2D eigenvalue weighted by Gasteiger charge is -2.03. The van der Waals surface area contributed by atoms with E-state index in [4.69, 9.17) is 5.11 Å². The molecule has 0 aromatic rings. The van der Waals surface area contributed by atoms with Crippen LogP contribution in [0.2, 0.25) is 0 Å². The van der Waals surface area contributed by atoms with Gasteiger partial charge in [-0.2, -0.15) is 0 Å². The summed E-state index contributed by atoms with van der Waals surface area (Å²) >= 11 is 0. The van der Waals surface area contributed by atoms with Crippen molar-refractivity contribution >= 4 is 17.0 Å². The van der Waals surface area contributed by atoms with Crippen LogP contribution < -0.4 is 5.32 Å². The number of aliphatic hydroxyl groups is 1. The summed E-state index contributed by atoms with van der Waals surface area (Å²) in [6, 6.07) is 0. The van der Waals surface area contributed by atoms with E-state index in [9.17, 15) is 0 Å². The minimum absolute atomic E-state index is 0. The van der Waals surface area contributed by atoms with Crippen LogP contribution in [0.4, 0.5) is 0 Å². The van der Waals surface area contributed by atoms with Crippen molar-refractivity contribution in [1.29, 1.82) is 0 Å². The fourth-order valence-electron chi connectivity index (χ4n) is 0.700. The minimum atomic E-state index is 0. The number of hydrogen-bond acceptors (Lipinski definition) is 3. The summed E-state index contributed by atoms with van der Waals surface area (Å²) in [5.41, 5.74) is 0. The number of nitrogens with one attached hydrogen (secondary N) is 1. The van der Waals surface area contributed by atoms with Gasteiger partial charge in [-0.1, -0.05) is 39.5 Å². The van der Waals surface area contributed by atoms with Crippen LogP contribution in [-0.4, -0.2) is 51.3 Å². The molecule has 0 radical (unpaired) electrons. The van der Waals surface area contributed by atoms with Crippen LogP contribution in [0.15, 0.2) is 0 Å². The normalized spacial score (nSPS) is 8.25. The molecule has 0 aromatic carbocycles. The maximum Gasteiger partial charge on any atom is 0.0558 e. The zero-order chi connectivity index (χ0) is 12.5. The Bertz CT molecular complexity index is 79.4. The van der Waals surface area contributed by atoms with Crippen LogP contribution in [0.1, 0.15) is 39.5 Å². The second-order valence-corrected chi connectivity index (χ2v) is 3.73. The third-order valence-electron chi connectivity index (χ3n) is 1.50. The van der Waals surface area contributed by atoms with Crippen molar-refractivity contribution in [1.82, 2.24) is 10.2 Å². The molecule has 0 saturated heterocycles. The Hall–Kier alpha value is 0.360. The molecular formula is C12H33BrN2O. The first-order valence-electron chi connectivity index (χ1n) is 5.94. The van der Waals surface area contributed by atoms with Crippen LogP contribution in [0.5, 0.6) is 0 Å². The SMILES string of the molecule is Br.CCCCCC.CN(C)CCO.CNC. The number of unbranched alkanes of at least 4 members (excludes halogenated alkanes) is 3. The van der Waals surface area contributed by atoms with Crippen molar-refractivity contribution in [2.75, 3.05) is 41.3 Å². The van der Waals surface area contributed by atoms with Gasteiger partial charge in [-0.15, -0.1) is 17.0 Å². The molecule has 0 fully saturated rings. The van der Waals surface area contributed by atoms with Crippen LogP contribution in [-0.2, 0) is 0 Å². The standard InChI is InChI=1S/C6H14.C4H11NO.C2H7N.BrH/c1-3-5-6-4-2;1-5(2)3-4-6;1-3-2;/h3-6H2,1-2H3;6H,3-4H2,1-2H3;3H,1-2H3;1H. The summed E-state index contributed by atoms with van der Waals surface area (Å²) in [6.07, 6.45) is 5.54. The zero-order valence-corrected chi connectivity index (χ0v) is 13.8. The average Bonchev–Trinajstić information content (AvgIpc) is 2.16. The van der Waals surface area contributed by atoms with Crippen molar-refractivity contribution in [2.45, 2.75) is 39.5 Å². The van der Waals surface area contributed by atoms with Crippen molar-refractivity contribution < 1.29 is 5.11 Å². The highest BCUT2D eigenvalue weighted by molar-refractivity contribution is 8.93. The van der Waals surface area contributed by atoms with E-state index in [0.717, 1.165) is 6.54 Å². The topological polar surface area (TPSA) is 35.5 Å². The Labute approximate surface area is 113 Å². The second-order valence-electron chi connectivity index (χ2n) is 3.73. The fraction of sp³-hybridized carbons (Fsp3) is 1.00. The number of hydrogen-bond donors (Lipinski definition) is 2. The van der Waals surface area contributed by atoms with Gasteiger partial charge in [0.2, 0.25) is 0 Å². The Kier molecular flexibility index (Phi) is 46.6. The molecule has 0 heterocycles. The molecule has 0 amide bonds. The van der Waals surface area contributed by atoms with Crippen LogP contribution >= 0.6 is 17.0 Å². The quantitative estimate of drug-likeness (QED) is 0.766. The van der Waals surface area contributed by atoms with Crippen molar-refractivity contribution in [3.63, 3.8) is 0 Å². The van der Waals surface area contributed by atoms with Gasteiger partial charge < -0.3 is 15.3 Å². The maximum atomic E-state index is 8.20. The van der Waals surface area contributed by atoms with E-state index in [1.54, 1.807) is 0 Å². The molecule has 0 rings (SSSR count). The smallest absolute Gasteiger partial charge is 0.0558 e. The molecule has 0 aromatic heterocycles. The Morgan fingerprint density at radius 3 is 1.38 bits per heavy atom. The van der Waals surface area contributed by atoms with Crippen molar-refractivity contribution in [2.24, 2.45) is 0 Å². The molecule has 4 heteroatoms. The molecule has 2 N–H and O–H groups in total. The predicted octanol–water partition coefficient (Wildman–Crippen LogP) is 2.54. The molecule has 3 nitrogen and oxygen atoms in total. The van der Waals surface area contributed by atoms with E-state index in [-0.39, 0.29) is 23.6 Å². The van der Waals surface area contributed by atoms with Crippen molar-refractivity contribution in [3.05, 3.63) is 0 Å². The maximum absolute atomic E-state index is 8.20. The number of nitrogens with zero attached hydrogens (tertiary/aromatic N) is 1. The Morgan fingerprint density at radius 2 is 1.31 bits per heavy atom. The highest BCUT2D eigenvalue weighted by Crippen LogP contribution is 1.95. The molecule has 0 aliphatic rings. The largest absolute Gasteiger partial charge is 0.395 e. The van der Waals surface area contributed by atoms with Crippen LogP contribution in [0, 0.1) is 0 Å². The summed E-state index contributed by atoms with van der Waals surface area (Å²) in [5, 5.41) is 10.9. The summed E-state index contributed by atoms with van der Waals surface area (Å²) < 4.78 is 0. The summed E-state index contributed by atoms with van der Waals surface area (Å²) in [6.45, 7) is 5.48. The van der Waals surface area contributed by atoms with Gasteiger partial charge in [0.15, 0.2) is 0 Å². The molecule has 0 saturated carbocycles. The zero-order valence-electron chi connectivity index (χ0n) is 12.0. The van der Waals surface area contributed by atoms with E-state index in [1.165, 1.54) is 25.7 Å². The lowest BCUT2D eigenvalue weighted by atomic mass is 10.2. The van der Waals surface area contributed by atoms with Gasteiger partial charge in [0, 0.05) is 6.54 Å². The Balaban J connectivity index is -0.0000000692. The van der Waals surface area contributed by atoms with Gasteiger partial charge in [0.05, 0.1) is 6.61 Å². The van der Waals surface area contributed by atoms with Gasteiger partial charge in [-0.05, 0) is 28.2 Å². The first kappa shape index (κ1) is 25.3. The van der Waals surface area contributed by atoms with Gasteiger partial charge >= 0.3 is 0 Å². The number of aliphatic hydroxyl groups excluding tert-OH is 1. The first-order chi connectivity index (χ1) is 7.10. The van der Waals surface area contributed by atoms with Crippen molar-refractivity contribution in [3.8, 4) is 0 Å². The van der Waals surface area contributed by atoms with Crippen LogP contribution in [0.3, 0.4) is 0 Å². The fourth-order valence-corrected chi connectivity index (χ4v) is 0.700. The van der Waals surface area contributed by atoms with E-state index >= 15 is 0 Å². The monoisotopic (exact) mass is 300 g/mol. The molecule has 0 aliphatic heterocycles. The third kappa shape index (κ3) is 63.4. The molecule has 0 unspecified atom stereocenters. The van der Waals surface area contributed by atoms with Gasteiger partial charge in [-0.3, -0.25) is 0 Å². The number of likely N-dealkylation sites (N-methyl/N-ethyl adjacent to an activating group) is 1. The number of rotatable bonds is 5.